The zero-order chi connectivity index (χ0) is 17.9. The molecule has 2 aliphatic rings. The third kappa shape index (κ3) is 3.85. The molecule has 1 saturated heterocycles. The van der Waals surface area contributed by atoms with Crippen LogP contribution in [0.2, 0.25) is 0 Å². The van der Waals surface area contributed by atoms with E-state index in [0.717, 1.165) is 60.0 Å². The molecule has 5 nitrogen and oxygen atoms in total. The Labute approximate surface area is 162 Å². The highest BCUT2D eigenvalue weighted by atomic mass is 79.9. The Bertz CT molecular complexity index is 782. The second-order valence-electron chi connectivity index (χ2n) is 7.46. The van der Waals surface area contributed by atoms with Crippen LogP contribution in [0, 0.1) is 5.92 Å². The van der Waals surface area contributed by atoms with Crippen LogP contribution in [0.25, 0.3) is 10.9 Å². The van der Waals surface area contributed by atoms with Crippen molar-refractivity contribution in [2.24, 2.45) is 5.92 Å². The van der Waals surface area contributed by atoms with E-state index in [4.69, 9.17) is 0 Å². The lowest BCUT2D eigenvalue weighted by atomic mass is 9.87. The van der Waals surface area contributed by atoms with Crippen molar-refractivity contribution < 1.29 is 4.79 Å². The maximum Gasteiger partial charge on any atom is 0.225 e. The molecule has 138 valence electrons. The summed E-state index contributed by atoms with van der Waals surface area (Å²) in [6.45, 7) is 1.69. The molecule has 0 bridgehead atoms. The summed E-state index contributed by atoms with van der Waals surface area (Å²) in [6, 6.07) is 6.40. The molecule has 2 heterocycles. The van der Waals surface area contributed by atoms with E-state index >= 15 is 0 Å². The fraction of sp³-hybridized carbons (Fsp3) is 0.550. The van der Waals surface area contributed by atoms with Crippen LogP contribution in [0.3, 0.4) is 0 Å². The number of piperidine rings is 1. The van der Waals surface area contributed by atoms with E-state index < -0.39 is 0 Å². The van der Waals surface area contributed by atoms with Crippen LogP contribution in [-0.2, 0) is 4.79 Å². The van der Waals surface area contributed by atoms with Crippen molar-refractivity contribution in [3.05, 3.63) is 29.0 Å². The van der Waals surface area contributed by atoms with Crippen molar-refractivity contribution in [2.75, 3.05) is 18.4 Å². The minimum absolute atomic E-state index is 0.274. The van der Waals surface area contributed by atoms with Gasteiger partial charge in [0.1, 0.15) is 12.1 Å². The van der Waals surface area contributed by atoms with Gasteiger partial charge in [0, 0.05) is 34.9 Å². The van der Waals surface area contributed by atoms with Gasteiger partial charge in [-0.25, -0.2) is 9.97 Å². The molecule has 1 aromatic heterocycles. The van der Waals surface area contributed by atoms with Gasteiger partial charge in [0.25, 0.3) is 0 Å². The topological polar surface area (TPSA) is 58.1 Å². The Balaban J connectivity index is 1.38. The molecule has 2 aromatic rings. The zero-order valence-corrected chi connectivity index (χ0v) is 16.5. The largest absolute Gasteiger partial charge is 0.367 e. The molecule has 1 amide bonds. The summed E-state index contributed by atoms with van der Waals surface area (Å²) in [5.74, 6) is 1.55. The van der Waals surface area contributed by atoms with Crippen molar-refractivity contribution in [1.82, 2.24) is 14.9 Å². The van der Waals surface area contributed by atoms with E-state index in [1.54, 1.807) is 6.33 Å². The second kappa shape index (κ2) is 7.91. The Hall–Kier alpha value is -1.69. The van der Waals surface area contributed by atoms with Crippen molar-refractivity contribution >= 4 is 38.6 Å². The van der Waals surface area contributed by atoms with E-state index in [2.05, 4.69) is 42.2 Å². The van der Waals surface area contributed by atoms with Gasteiger partial charge < -0.3 is 10.2 Å². The summed E-state index contributed by atoms with van der Waals surface area (Å²) < 4.78 is 1.02. The highest BCUT2D eigenvalue weighted by Gasteiger charge is 2.29. The fourth-order valence-electron chi connectivity index (χ4n) is 4.19. The number of rotatable bonds is 3. The fourth-order valence-corrected chi connectivity index (χ4v) is 4.55. The molecule has 2 fully saturated rings. The number of hydrogen-bond acceptors (Lipinski definition) is 4. The van der Waals surface area contributed by atoms with Gasteiger partial charge >= 0.3 is 0 Å². The quantitative estimate of drug-likeness (QED) is 0.806. The van der Waals surface area contributed by atoms with Crippen LogP contribution in [-0.4, -0.2) is 39.9 Å². The molecule has 1 aliphatic carbocycles. The van der Waals surface area contributed by atoms with Gasteiger partial charge in [-0.1, -0.05) is 35.2 Å². The predicted molar refractivity (Wildman–Crippen MR) is 107 cm³/mol. The lowest BCUT2D eigenvalue weighted by molar-refractivity contribution is -0.137. The third-order valence-electron chi connectivity index (χ3n) is 5.70. The van der Waals surface area contributed by atoms with Crippen LogP contribution in [0.5, 0.6) is 0 Å². The second-order valence-corrected chi connectivity index (χ2v) is 8.38. The van der Waals surface area contributed by atoms with E-state index in [9.17, 15) is 4.79 Å². The summed E-state index contributed by atoms with van der Waals surface area (Å²) in [7, 11) is 0. The molecule has 26 heavy (non-hydrogen) atoms. The molecule has 4 rings (SSSR count). The highest BCUT2D eigenvalue weighted by molar-refractivity contribution is 9.10. The maximum atomic E-state index is 12.7. The van der Waals surface area contributed by atoms with Gasteiger partial charge in [-0.15, -0.1) is 0 Å². The molecule has 0 radical (unpaired) electrons. The smallest absolute Gasteiger partial charge is 0.225 e. The molecular weight excluding hydrogens is 392 g/mol. The van der Waals surface area contributed by atoms with Crippen LogP contribution in [0.15, 0.2) is 29.0 Å². The molecular formula is C20H25BrN4O. The first-order chi connectivity index (χ1) is 12.7. The van der Waals surface area contributed by atoms with Crippen LogP contribution < -0.4 is 5.32 Å². The normalized spacial score (nSPS) is 19.7. The molecule has 0 spiro atoms. The van der Waals surface area contributed by atoms with E-state index in [0.29, 0.717) is 11.9 Å². The number of fused-ring (bicyclic) bond motifs is 1. The number of benzene rings is 1. The van der Waals surface area contributed by atoms with Crippen molar-refractivity contribution in [1.29, 1.82) is 0 Å². The number of aromatic nitrogens is 2. The number of nitrogens with one attached hydrogen (secondary N) is 1. The molecule has 1 saturated carbocycles. The van der Waals surface area contributed by atoms with Crippen LogP contribution in [0.4, 0.5) is 5.82 Å². The number of amides is 1. The minimum Gasteiger partial charge on any atom is -0.367 e. The van der Waals surface area contributed by atoms with E-state index in [1.165, 1.54) is 19.3 Å². The summed E-state index contributed by atoms with van der Waals surface area (Å²) in [6.07, 6.45) is 9.43. The summed E-state index contributed by atoms with van der Waals surface area (Å²) in [5.41, 5.74) is 0.940. The number of halogens is 1. The first-order valence-electron chi connectivity index (χ1n) is 9.66. The van der Waals surface area contributed by atoms with Crippen LogP contribution in [0.1, 0.15) is 44.9 Å². The summed E-state index contributed by atoms with van der Waals surface area (Å²) in [4.78, 5) is 23.6. The zero-order valence-electron chi connectivity index (χ0n) is 15.0. The first kappa shape index (κ1) is 17.7. The maximum absolute atomic E-state index is 12.7. The predicted octanol–water partition coefficient (Wildman–Crippen LogP) is 4.38. The number of likely N-dealkylation sites (tertiary alicyclic amines) is 1. The van der Waals surface area contributed by atoms with Gasteiger partial charge in [0.2, 0.25) is 5.91 Å². The average Bonchev–Trinajstić information content (AvgIpc) is 2.69. The van der Waals surface area contributed by atoms with Gasteiger partial charge in [0.05, 0.1) is 5.52 Å². The van der Waals surface area contributed by atoms with Crippen LogP contribution >= 0.6 is 15.9 Å². The Morgan fingerprint density at radius 2 is 1.85 bits per heavy atom. The Morgan fingerprint density at radius 1 is 1.08 bits per heavy atom. The Kier molecular flexibility index (Phi) is 5.38. The average molecular weight is 417 g/mol. The molecule has 1 aromatic carbocycles. The molecule has 6 heteroatoms. The third-order valence-corrected chi connectivity index (χ3v) is 6.19. The summed E-state index contributed by atoms with van der Waals surface area (Å²) >= 11 is 3.53. The van der Waals surface area contributed by atoms with Crippen molar-refractivity contribution in [3.8, 4) is 0 Å². The van der Waals surface area contributed by atoms with Gasteiger partial charge in [-0.05, 0) is 43.9 Å². The van der Waals surface area contributed by atoms with Gasteiger partial charge in [-0.2, -0.15) is 0 Å². The molecule has 0 unspecified atom stereocenters. The number of nitrogens with zero attached hydrogens (tertiary/aromatic N) is 3. The van der Waals surface area contributed by atoms with Gasteiger partial charge in [-0.3, -0.25) is 4.79 Å². The SMILES string of the molecule is O=C(C1CCCCC1)N1CCC(Nc2ncnc3ccc(Br)cc23)CC1. The lowest BCUT2D eigenvalue weighted by Gasteiger charge is -2.35. The molecule has 1 aliphatic heterocycles. The minimum atomic E-state index is 0.274. The monoisotopic (exact) mass is 416 g/mol. The van der Waals surface area contributed by atoms with Crippen molar-refractivity contribution in [2.45, 2.75) is 51.0 Å². The molecule has 0 atom stereocenters. The lowest BCUT2D eigenvalue weighted by Crippen LogP contribution is -2.45. The first-order valence-corrected chi connectivity index (χ1v) is 10.5. The summed E-state index contributed by atoms with van der Waals surface area (Å²) in [5, 5.41) is 4.61. The standard InChI is InChI=1S/C20H25BrN4O/c21-15-6-7-18-17(12-15)19(23-13-22-18)24-16-8-10-25(11-9-16)20(26)14-4-2-1-3-5-14/h6-7,12-14,16H,1-5,8-11H2,(H,22,23,24). The number of carbonyl (C=O) groups is 1. The van der Waals surface area contributed by atoms with E-state index in [-0.39, 0.29) is 5.92 Å². The molecule has 1 N–H and O–H groups in total. The Morgan fingerprint density at radius 3 is 2.62 bits per heavy atom. The number of hydrogen-bond donors (Lipinski definition) is 1. The van der Waals surface area contributed by atoms with Gasteiger partial charge in [0.15, 0.2) is 0 Å². The number of anilines is 1. The van der Waals surface area contributed by atoms with Crippen molar-refractivity contribution in [3.63, 3.8) is 0 Å². The van der Waals surface area contributed by atoms with E-state index in [1.807, 2.05) is 12.1 Å². The number of carbonyl (C=O) groups excluding carboxylic acids is 1. The highest BCUT2D eigenvalue weighted by Crippen LogP contribution is 2.28.